The summed E-state index contributed by atoms with van der Waals surface area (Å²) < 4.78 is 0. The lowest BCUT2D eigenvalue weighted by atomic mass is 9.81. The molecule has 1 saturated carbocycles. The van der Waals surface area contributed by atoms with Crippen LogP contribution < -0.4 is 11.1 Å². The van der Waals surface area contributed by atoms with Gasteiger partial charge in [-0.3, -0.25) is 9.59 Å². The lowest BCUT2D eigenvalue weighted by Crippen LogP contribution is -2.49. The van der Waals surface area contributed by atoms with Crippen LogP contribution in [-0.2, 0) is 9.59 Å². The van der Waals surface area contributed by atoms with Crippen LogP contribution in [0.1, 0.15) is 46.5 Å². The van der Waals surface area contributed by atoms with Gasteiger partial charge in [-0.1, -0.05) is 20.8 Å². The lowest BCUT2D eigenvalue weighted by molar-refractivity contribution is -0.131. The lowest BCUT2D eigenvalue weighted by Gasteiger charge is -2.30. The molecular weight excluding hydrogens is 254 g/mol. The van der Waals surface area contributed by atoms with Gasteiger partial charge in [-0.2, -0.15) is 0 Å². The van der Waals surface area contributed by atoms with Crippen LogP contribution in [0, 0.1) is 11.3 Å². The van der Waals surface area contributed by atoms with Crippen LogP contribution in [0.5, 0.6) is 0 Å². The largest absolute Gasteiger partial charge is 0.351 e. The van der Waals surface area contributed by atoms with Crippen molar-refractivity contribution in [2.75, 3.05) is 13.1 Å². The first-order valence-electron chi connectivity index (χ1n) is 7.78. The average Bonchev–Trinajstić information content (AvgIpc) is 3.03. The number of hydrogen-bond acceptors (Lipinski definition) is 3. The monoisotopic (exact) mass is 281 g/mol. The Hall–Kier alpha value is -1.10. The van der Waals surface area contributed by atoms with Crippen molar-refractivity contribution >= 4 is 11.8 Å². The number of hydrogen-bond donors (Lipinski definition) is 2. The van der Waals surface area contributed by atoms with E-state index in [9.17, 15) is 9.59 Å². The van der Waals surface area contributed by atoms with Crippen molar-refractivity contribution in [3.8, 4) is 0 Å². The fourth-order valence-electron chi connectivity index (χ4n) is 3.18. The molecule has 1 aliphatic carbocycles. The molecule has 0 aromatic rings. The molecule has 3 atom stereocenters. The first kappa shape index (κ1) is 15.3. The molecule has 1 heterocycles. The maximum Gasteiger partial charge on any atom is 0.227 e. The van der Waals surface area contributed by atoms with Crippen molar-refractivity contribution in [3.63, 3.8) is 0 Å². The van der Waals surface area contributed by atoms with Crippen molar-refractivity contribution in [1.82, 2.24) is 10.2 Å². The molecule has 2 rings (SSSR count). The summed E-state index contributed by atoms with van der Waals surface area (Å²) in [4.78, 5) is 26.4. The summed E-state index contributed by atoms with van der Waals surface area (Å²) in [5, 5.41) is 3.05. The molecule has 20 heavy (non-hydrogen) atoms. The molecule has 0 aromatic heterocycles. The van der Waals surface area contributed by atoms with Gasteiger partial charge < -0.3 is 16.0 Å². The minimum Gasteiger partial charge on any atom is -0.351 e. The van der Waals surface area contributed by atoms with Gasteiger partial charge in [0.25, 0.3) is 0 Å². The normalized spacial score (nSPS) is 29.7. The van der Waals surface area contributed by atoms with E-state index in [1.807, 2.05) is 18.7 Å². The van der Waals surface area contributed by atoms with E-state index >= 15 is 0 Å². The Labute approximate surface area is 121 Å². The molecule has 5 heteroatoms. The average molecular weight is 281 g/mol. The van der Waals surface area contributed by atoms with Gasteiger partial charge in [-0.05, 0) is 25.2 Å². The SMILES string of the molecule is CCC(CC)(CN)C(=O)NC1CC(=O)N(C2CC2C)C1. The first-order valence-corrected chi connectivity index (χ1v) is 7.78. The smallest absolute Gasteiger partial charge is 0.227 e. The Bertz CT molecular complexity index is 384. The van der Waals surface area contributed by atoms with Crippen LogP contribution in [0.15, 0.2) is 0 Å². The molecule has 0 radical (unpaired) electrons. The minimum atomic E-state index is -0.483. The number of nitrogens with zero attached hydrogens (tertiary/aromatic N) is 1. The van der Waals surface area contributed by atoms with Crippen molar-refractivity contribution in [1.29, 1.82) is 0 Å². The summed E-state index contributed by atoms with van der Waals surface area (Å²) in [5.74, 6) is 0.798. The fraction of sp³-hybridized carbons (Fsp3) is 0.867. The van der Waals surface area contributed by atoms with Gasteiger partial charge in [0, 0.05) is 25.6 Å². The van der Waals surface area contributed by atoms with E-state index in [1.165, 1.54) is 0 Å². The van der Waals surface area contributed by atoms with Crippen LogP contribution in [0.25, 0.3) is 0 Å². The molecule has 3 unspecified atom stereocenters. The van der Waals surface area contributed by atoms with Gasteiger partial charge in [0.15, 0.2) is 0 Å². The van der Waals surface area contributed by atoms with Gasteiger partial charge in [0.05, 0.1) is 11.5 Å². The molecule has 1 aliphatic heterocycles. The maximum atomic E-state index is 12.5. The van der Waals surface area contributed by atoms with E-state index in [1.54, 1.807) is 0 Å². The molecular formula is C15H27N3O2. The number of rotatable bonds is 6. The predicted molar refractivity (Wildman–Crippen MR) is 77.9 cm³/mol. The molecule has 0 aromatic carbocycles. The number of carbonyl (C=O) groups is 2. The Morgan fingerprint density at radius 3 is 2.50 bits per heavy atom. The van der Waals surface area contributed by atoms with Crippen molar-refractivity contribution in [3.05, 3.63) is 0 Å². The van der Waals surface area contributed by atoms with E-state index in [2.05, 4.69) is 12.2 Å². The van der Waals surface area contributed by atoms with Gasteiger partial charge in [0.1, 0.15) is 0 Å². The standard InChI is InChI=1S/C15H27N3O2/c1-4-15(5-2,9-16)14(20)17-11-7-13(19)18(8-11)12-6-10(12)3/h10-12H,4-9,16H2,1-3H3,(H,17,20). The van der Waals surface area contributed by atoms with Crippen LogP contribution in [0.3, 0.4) is 0 Å². The highest BCUT2D eigenvalue weighted by atomic mass is 16.2. The second kappa shape index (κ2) is 5.72. The number of likely N-dealkylation sites (tertiary alicyclic amines) is 1. The Kier molecular flexibility index (Phi) is 4.37. The fourth-order valence-corrected chi connectivity index (χ4v) is 3.18. The van der Waals surface area contributed by atoms with E-state index < -0.39 is 5.41 Å². The molecule has 2 fully saturated rings. The third-order valence-electron chi connectivity index (χ3n) is 5.19. The molecule has 114 valence electrons. The summed E-state index contributed by atoms with van der Waals surface area (Å²) in [6.07, 6.45) is 3.00. The molecule has 1 saturated heterocycles. The van der Waals surface area contributed by atoms with Gasteiger partial charge in [0.2, 0.25) is 11.8 Å². The molecule has 0 spiro atoms. The van der Waals surface area contributed by atoms with Crippen LogP contribution >= 0.6 is 0 Å². The number of carbonyl (C=O) groups excluding carboxylic acids is 2. The Morgan fingerprint density at radius 2 is 2.05 bits per heavy atom. The third kappa shape index (κ3) is 2.68. The zero-order valence-corrected chi connectivity index (χ0v) is 12.8. The quantitative estimate of drug-likeness (QED) is 0.759. The molecule has 3 N–H and O–H groups in total. The maximum absolute atomic E-state index is 12.5. The van der Waals surface area contributed by atoms with Gasteiger partial charge in [-0.15, -0.1) is 0 Å². The number of amides is 2. The Morgan fingerprint density at radius 1 is 1.45 bits per heavy atom. The van der Waals surface area contributed by atoms with Crippen LogP contribution in [0.4, 0.5) is 0 Å². The highest BCUT2D eigenvalue weighted by Crippen LogP contribution is 2.37. The summed E-state index contributed by atoms with van der Waals surface area (Å²) in [7, 11) is 0. The summed E-state index contributed by atoms with van der Waals surface area (Å²) in [5.41, 5.74) is 5.31. The first-order chi connectivity index (χ1) is 9.47. The molecule has 0 bridgehead atoms. The number of nitrogens with one attached hydrogen (secondary N) is 1. The van der Waals surface area contributed by atoms with E-state index in [0.29, 0.717) is 31.5 Å². The van der Waals surface area contributed by atoms with Gasteiger partial charge in [-0.25, -0.2) is 0 Å². The molecule has 5 nitrogen and oxygen atoms in total. The Balaban J connectivity index is 1.94. The van der Waals surface area contributed by atoms with E-state index in [0.717, 1.165) is 19.3 Å². The second-order valence-electron chi connectivity index (χ2n) is 6.39. The minimum absolute atomic E-state index is 0.00787. The van der Waals surface area contributed by atoms with Crippen molar-refractivity contribution in [2.45, 2.75) is 58.5 Å². The zero-order chi connectivity index (χ0) is 14.9. The molecule has 2 amide bonds. The van der Waals surface area contributed by atoms with E-state index in [-0.39, 0.29) is 17.9 Å². The van der Waals surface area contributed by atoms with Crippen molar-refractivity contribution in [2.24, 2.45) is 17.1 Å². The molecule has 2 aliphatic rings. The summed E-state index contributed by atoms with van der Waals surface area (Å²) in [6.45, 7) is 7.17. The predicted octanol–water partition coefficient (Wildman–Crippen LogP) is 0.877. The summed E-state index contributed by atoms with van der Waals surface area (Å²) >= 11 is 0. The van der Waals surface area contributed by atoms with E-state index in [4.69, 9.17) is 5.73 Å². The van der Waals surface area contributed by atoms with Crippen LogP contribution in [0.2, 0.25) is 0 Å². The second-order valence-corrected chi connectivity index (χ2v) is 6.39. The van der Waals surface area contributed by atoms with Gasteiger partial charge >= 0.3 is 0 Å². The highest BCUT2D eigenvalue weighted by Gasteiger charge is 2.45. The highest BCUT2D eigenvalue weighted by molar-refractivity contribution is 5.85. The zero-order valence-electron chi connectivity index (χ0n) is 12.8. The topological polar surface area (TPSA) is 75.4 Å². The number of nitrogens with two attached hydrogens (primary N) is 1. The van der Waals surface area contributed by atoms with Crippen molar-refractivity contribution < 1.29 is 9.59 Å². The van der Waals surface area contributed by atoms with Crippen LogP contribution in [-0.4, -0.2) is 41.9 Å². The summed E-state index contributed by atoms with van der Waals surface area (Å²) in [6, 6.07) is 0.354. The third-order valence-corrected chi connectivity index (χ3v) is 5.19.